The van der Waals surface area contributed by atoms with E-state index in [0.717, 1.165) is 18.8 Å². The van der Waals surface area contributed by atoms with E-state index in [2.05, 4.69) is 6.92 Å². The molecule has 1 aliphatic carbocycles. The molecule has 0 radical (unpaired) electrons. The largest absolute Gasteiger partial charge is 0.498 e. The van der Waals surface area contributed by atoms with Gasteiger partial charge in [-0.15, -0.1) is 0 Å². The minimum absolute atomic E-state index is 0.0149. The lowest BCUT2D eigenvalue weighted by atomic mass is 9.76. The summed E-state index contributed by atoms with van der Waals surface area (Å²) < 4.78 is 39.3. The number of hydrogen-bond acceptors (Lipinski definition) is 2. The molecule has 0 saturated heterocycles. The zero-order valence-electron chi connectivity index (χ0n) is 17.3. The molecule has 1 aromatic rings. The lowest BCUT2D eigenvalue weighted by molar-refractivity contribution is 0.104. The van der Waals surface area contributed by atoms with E-state index in [-0.39, 0.29) is 11.9 Å². The third-order valence-electron chi connectivity index (χ3n) is 6.40. The Balaban J connectivity index is 1.47. The van der Waals surface area contributed by atoms with Crippen LogP contribution < -0.4 is 4.74 Å². The van der Waals surface area contributed by atoms with Gasteiger partial charge >= 0.3 is 0 Å². The van der Waals surface area contributed by atoms with Gasteiger partial charge in [0.15, 0.2) is 11.6 Å². The van der Waals surface area contributed by atoms with E-state index in [0.29, 0.717) is 30.9 Å². The highest BCUT2D eigenvalue weighted by Crippen LogP contribution is 2.38. The Bertz CT molecular complexity index is 663. The van der Waals surface area contributed by atoms with E-state index in [1.54, 1.807) is 13.0 Å². The van der Waals surface area contributed by atoms with Crippen LogP contribution in [0.2, 0.25) is 0 Å². The molecule has 1 aliphatic heterocycles. The second kappa shape index (κ2) is 10.3. The van der Waals surface area contributed by atoms with Crippen molar-refractivity contribution in [1.82, 2.24) is 0 Å². The maximum Gasteiger partial charge on any atom is 0.200 e. The molecule has 0 spiro atoms. The van der Waals surface area contributed by atoms with Gasteiger partial charge in [-0.2, -0.15) is 4.39 Å². The highest BCUT2D eigenvalue weighted by atomic mass is 19.2. The molecule has 1 fully saturated rings. The summed E-state index contributed by atoms with van der Waals surface area (Å²) in [6.45, 7) is 4.35. The number of halogens is 2. The zero-order chi connectivity index (χ0) is 19.9. The van der Waals surface area contributed by atoms with Crippen molar-refractivity contribution in [2.75, 3.05) is 6.61 Å². The van der Waals surface area contributed by atoms with Gasteiger partial charge in [0.2, 0.25) is 5.82 Å². The van der Waals surface area contributed by atoms with Gasteiger partial charge in [0.05, 0.1) is 19.0 Å². The minimum atomic E-state index is -0.884. The lowest BCUT2D eigenvalue weighted by Crippen LogP contribution is -2.22. The topological polar surface area (TPSA) is 18.5 Å². The van der Waals surface area contributed by atoms with Crippen molar-refractivity contribution in [3.8, 4) is 5.75 Å². The Morgan fingerprint density at radius 3 is 2.43 bits per heavy atom. The SMILES string of the molecule is CCCC1CCC(C2=COC(CCc3ccc(OCC)c(F)c3F)CC2)CC1. The Hall–Kier alpha value is -1.58. The summed E-state index contributed by atoms with van der Waals surface area (Å²) in [5.74, 6) is -0.0827. The van der Waals surface area contributed by atoms with Crippen LogP contribution in [0.3, 0.4) is 0 Å². The van der Waals surface area contributed by atoms with Gasteiger partial charge in [-0.05, 0) is 87.3 Å². The number of allylic oxidation sites excluding steroid dienone is 1. The van der Waals surface area contributed by atoms with Gasteiger partial charge in [-0.25, -0.2) is 4.39 Å². The molecule has 28 heavy (non-hydrogen) atoms. The number of benzene rings is 1. The number of rotatable bonds is 8. The first-order valence-electron chi connectivity index (χ1n) is 11.1. The van der Waals surface area contributed by atoms with Gasteiger partial charge in [-0.3, -0.25) is 0 Å². The van der Waals surface area contributed by atoms with Crippen LogP contribution in [0.25, 0.3) is 0 Å². The van der Waals surface area contributed by atoms with Crippen LogP contribution in [0.5, 0.6) is 5.75 Å². The number of hydrogen-bond donors (Lipinski definition) is 0. The van der Waals surface area contributed by atoms with Gasteiger partial charge in [-0.1, -0.05) is 25.8 Å². The summed E-state index contributed by atoms with van der Waals surface area (Å²) in [6, 6.07) is 3.15. The average molecular weight is 393 g/mol. The molecule has 1 aromatic carbocycles. The molecular formula is C24H34F2O2. The molecule has 1 atom stereocenters. The lowest BCUT2D eigenvalue weighted by Gasteiger charge is -2.33. The Morgan fingerprint density at radius 2 is 1.79 bits per heavy atom. The second-order valence-corrected chi connectivity index (χ2v) is 8.32. The van der Waals surface area contributed by atoms with Crippen LogP contribution in [0.1, 0.15) is 77.2 Å². The minimum Gasteiger partial charge on any atom is -0.498 e. The van der Waals surface area contributed by atoms with Crippen LogP contribution >= 0.6 is 0 Å². The van der Waals surface area contributed by atoms with Crippen molar-refractivity contribution in [3.05, 3.63) is 41.2 Å². The molecule has 2 aliphatic rings. The Labute approximate surface area is 168 Å². The molecule has 156 valence electrons. The number of aryl methyl sites for hydroxylation is 1. The fraction of sp³-hybridized carbons (Fsp3) is 0.667. The number of ether oxygens (including phenoxy) is 2. The molecule has 0 bridgehead atoms. The first kappa shape index (κ1) is 21.1. The van der Waals surface area contributed by atoms with E-state index < -0.39 is 11.6 Å². The van der Waals surface area contributed by atoms with Crippen molar-refractivity contribution < 1.29 is 18.3 Å². The molecule has 1 heterocycles. The van der Waals surface area contributed by atoms with E-state index >= 15 is 0 Å². The van der Waals surface area contributed by atoms with Gasteiger partial charge in [0, 0.05) is 0 Å². The standard InChI is InChI=1S/C24H34F2O2/c1-3-5-17-6-8-18(9-7-17)20-11-14-21(28-16-20)13-10-19-12-15-22(27-4-2)24(26)23(19)25/h12,15-18,21H,3-11,13-14H2,1-2H3. The van der Waals surface area contributed by atoms with Crippen LogP contribution in [-0.4, -0.2) is 12.7 Å². The molecule has 1 saturated carbocycles. The second-order valence-electron chi connectivity index (χ2n) is 8.32. The third kappa shape index (κ3) is 5.27. The van der Waals surface area contributed by atoms with Gasteiger partial charge in [0.1, 0.15) is 0 Å². The summed E-state index contributed by atoms with van der Waals surface area (Å²) in [4.78, 5) is 0. The molecular weight excluding hydrogens is 358 g/mol. The molecule has 3 rings (SSSR count). The summed E-state index contributed by atoms with van der Waals surface area (Å²) in [5, 5.41) is 0. The summed E-state index contributed by atoms with van der Waals surface area (Å²) >= 11 is 0. The molecule has 0 aromatic heterocycles. The van der Waals surface area contributed by atoms with E-state index in [1.165, 1.54) is 50.2 Å². The van der Waals surface area contributed by atoms with Crippen LogP contribution in [0.4, 0.5) is 8.78 Å². The fourth-order valence-corrected chi connectivity index (χ4v) is 4.73. The van der Waals surface area contributed by atoms with Gasteiger partial charge in [0.25, 0.3) is 0 Å². The predicted molar refractivity (Wildman–Crippen MR) is 108 cm³/mol. The zero-order valence-corrected chi connectivity index (χ0v) is 17.3. The highest BCUT2D eigenvalue weighted by Gasteiger charge is 2.26. The third-order valence-corrected chi connectivity index (χ3v) is 6.40. The van der Waals surface area contributed by atoms with Crippen molar-refractivity contribution in [1.29, 1.82) is 0 Å². The average Bonchev–Trinajstić information content (AvgIpc) is 2.72. The van der Waals surface area contributed by atoms with Gasteiger partial charge < -0.3 is 9.47 Å². The van der Waals surface area contributed by atoms with Crippen LogP contribution in [0.15, 0.2) is 24.0 Å². The molecule has 4 heteroatoms. The predicted octanol–water partition coefficient (Wildman–Crippen LogP) is 6.97. The molecule has 2 nitrogen and oxygen atoms in total. The van der Waals surface area contributed by atoms with Crippen LogP contribution in [0, 0.1) is 23.5 Å². The molecule has 0 N–H and O–H groups in total. The van der Waals surface area contributed by atoms with E-state index in [1.807, 2.05) is 6.26 Å². The smallest absolute Gasteiger partial charge is 0.200 e. The summed E-state index contributed by atoms with van der Waals surface area (Å²) in [6.07, 6.45) is 13.3. The van der Waals surface area contributed by atoms with Crippen molar-refractivity contribution >= 4 is 0 Å². The quantitative estimate of drug-likeness (QED) is 0.476. The first-order chi connectivity index (χ1) is 13.6. The Morgan fingerprint density at radius 1 is 1.00 bits per heavy atom. The fourth-order valence-electron chi connectivity index (χ4n) is 4.73. The maximum absolute atomic E-state index is 14.2. The summed E-state index contributed by atoms with van der Waals surface area (Å²) in [5.41, 5.74) is 1.86. The van der Waals surface area contributed by atoms with Crippen molar-refractivity contribution in [2.24, 2.45) is 11.8 Å². The Kier molecular flexibility index (Phi) is 7.75. The van der Waals surface area contributed by atoms with Crippen molar-refractivity contribution in [3.63, 3.8) is 0 Å². The normalized spacial score (nSPS) is 25.1. The van der Waals surface area contributed by atoms with Crippen molar-refractivity contribution in [2.45, 2.75) is 84.2 Å². The highest BCUT2D eigenvalue weighted by molar-refractivity contribution is 5.31. The molecule has 0 amide bonds. The van der Waals surface area contributed by atoms with E-state index in [4.69, 9.17) is 9.47 Å². The molecule has 1 unspecified atom stereocenters. The first-order valence-corrected chi connectivity index (χ1v) is 11.1. The monoisotopic (exact) mass is 392 g/mol. The van der Waals surface area contributed by atoms with E-state index in [9.17, 15) is 8.78 Å². The summed E-state index contributed by atoms with van der Waals surface area (Å²) in [7, 11) is 0. The van der Waals surface area contributed by atoms with Crippen LogP contribution in [-0.2, 0) is 11.2 Å². The maximum atomic E-state index is 14.2.